The molecular weight excluding hydrogens is 220 g/mol. The molecule has 2 N–H and O–H groups in total. The van der Waals surface area contributed by atoms with E-state index in [1.165, 1.54) is 30.6 Å². The second-order valence-electron chi connectivity index (χ2n) is 3.57. The van der Waals surface area contributed by atoms with E-state index in [0.29, 0.717) is 5.15 Å². The summed E-state index contributed by atoms with van der Waals surface area (Å²) < 4.78 is 0. The highest BCUT2D eigenvalue weighted by molar-refractivity contribution is 7.16. The Morgan fingerprint density at radius 1 is 1.57 bits per heavy atom. The van der Waals surface area contributed by atoms with E-state index in [1.54, 1.807) is 0 Å². The molecule has 0 unspecified atom stereocenters. The number of halogens is 1. The molecule has 1 aliphatic carbocycles. The lowest BCUT2D eigenvalue weighted by Crippen LogP contribution is -2.20. The molecule has 1 fully saturated rings. The minimum atomic E-state index is -0.0262. The van der Waals surface area contributed by atoms with Crippen LogP contribution in [0.2, 0.25) is 5.15 Å². The van der Waals surface area contributed by atoms with Crippen LogP contribution in [0, 0.1) is 5.92 Å². The lowest BCUT2D eigenvalue weighted by molar-refractivity contribution is 0.285. The predicted molar refractivity (Wildman–Crippen MR) is 58.9 cm³/mol. The Hall–Kier alpha value is -0.320. The third-order valence-corrected chi connectivity index (χ3v) is 3.98. The fourth-order valence-electron chi connectivity index (χ4n) is 1.43. The van der Waals surface area contributed by atoms with Gasteiger partial charge in [0.1, 0.15) is 5.15 Å². The molecule has 1 aliphatic rings. The van der Waals surface area contributed by atoms with Gasteiger partial charge in [-0.15, -0.1) is 0 Å². The molecule has 1 aromatic rings. The first kappa shape index (κ1) is 10.2. The second kappa shape index (κ2) is 4.47. The van der Waals surface area contributed by atoms with Crippen molar-refractivity contribution in [2.45, 2.75) is 25.9 Å². The van der Waals surface area contributed by atoms with E-state index < -0.39 is 0 Å². The summed E-state index contributed by atoms with van der Waals surface area (Å²) in [4.78, 5) is 4.86. The highest BCUT2D eigenvalue weighted by atomic mass is 35.5. The van der Waals surface area contributed by atoms with Crippen molar-refractivity contribution in [3.63, 3.8) is 0 Å². The van der Waals surface area contributed by atoms with Crippen LogP contribution in [0.15, 0.2) is 0 Å². The number of thiazole rings is 1. The monoisotopic (exact) mass is 232 g/mol. The van der Waals surface area contributed by atoms with Gasteiger partial charge < -0.3 is 10.4 Å². The van der Waals surface area contributed by atoms with Crippen LogP contribution in [0.1, 0.15) is 24.1 Å². The van der Waals surface area contributed by atoms with E-state index in [4.69, 9.17) is 16.7 Å². The average Bonchev–Trinajstić information content (AvgIpc) is 2.44. The molecule has 0 spiro atoms. The molecular formula is C9H13ClN2OS. The Bertz CT molecular complexity index is 312. The van der Waals surface area contributed by atoms with Gasteiger partial charge in [-0.25, -0.2) is 4.98 Å². The SMILES string of the molecule is OCc1sc(NCC2CCC2)nc1Cl. The topological polar surface area (TPSA) is 45.1 Å². The first-order chi connectivity index (χ1) is 6.79. The molecule has 14 heavy (non-hydrogen) atoms. The van der Waals surface area contributed by atoms with Gasteiger partial charge in [-0.1, -0.05) is 29.4 Å². The van der Waals surface area contributed by atoms with E-state index in [-0.39, 0.29) is 6.61 Å². The molecule has 0 amide bonds. The van der Waals surface area contributed by atoms with Crippen molar-refractivity contribution < 1.29 is 5.11 Å². The maximum absolute atomic E-state index is 8.92. The summed E-state index contributed by atoms with van der Waals surface area (Å²) in [6.45, 7) is 0.955. The van der Waals surface area contributed by atoms with E-state index in [9.17, 15) is 0 Å². The Kier molecular flexibility index (Phi) is 3.26. The highest BCUT2D eigenvalue weighted by Gasteiger charge is 2.17. The lowest BCUT2D eigenvalue weighted by Gasteiger charge is -2.25. The standard InChI is InChI=1S/C9H13ClN2OS/c10-8-7(5-13)14-9(12-8)11-4-6-2-1-3-6/h6,13H,1-5H2,(H,11,12). The summed E-state index contributed by atoms with van der Waals surface area (Å²) in [6, 6.07) is 0. The summed E-state index contributed by atoms with van der Waals surface area (Å²) in [6.07, 6.45) is 3.99. The number of aliphatic hydroxyl groups excluding tert-OH is 1. The first-order valence-electron chi connectivity index (χ1n) is 4.79. The summed E-state index contributed by atoms with van der Waals surface area (Å²) in [5, 5.41) is 13.4. The second-order valence-corrected chi connectivity index (χ2v) is 5.01. The lowest BCUT2D eigenvalue weighted by atomic mass is 9.86. The largest absolute Gasteiger partial charge is 0.391 e. The summed E-state index contributed by atoms with van der Waals surface area (Å²) >= 11 is 7.24. The van der Waals surface area contributed by atoms with Gasteiger partial charge in [0.15, 0.2) is 5.13 Å². The third-order valence-electron chi connectivity index (χ3n) is 2.56. The summed E-state index contributed by atoms with van der Waals surface area (Å²) in [7, 11) is 0. The Morgan fingerprint density at radius 3 is 2.86 bits per heavy atom. The molecule has 0 bridgehead atoms. The number of aliphatic hydroxyl groups is 1. The molecule has 1 saturated carbocycles. The molecule has 2 rings (SSSR count). The van der Waals surface area contributed by atoms with Gasteiger partial charge >= 0.3 is 0 Å². The maximum Gasteiger partial charge on any atom is 0.184 e. The Balaban J connectivity index is 1.88. The predicted octanol–water partition coefficient (Wildman–Crippen LogP) is 2.50. The van der Waals surface area contributed by atoms with Crippen LogP contribution < -0.4 is 5.32 Å². The van der Waals surface area contributed by atoms with Crippen LogP contribution in [0.25, 0.3) is 0 Å². The quantitative estimate of drug-likeness (QED) is 0.839. The van der Waals surface area contributed by atoms with Gasteiger partial charge in [0.2, 0.25) is 0 Å². The number of nitrogens with one attached hydrogen (secondary N) is 1. The molecule has 0 atom stereocenters. The van der Waals surface area contributed by atoms with E-state index in [1.807, 2.05) is 0 Å². The van der Waals surface area contributed by atoms with Crippen molar-refractivity contribution >= 4 is 28.1 Å². The van der Waals surface area contributed by atoms with Crippen molar-refractivity contribution in [1.82, 2.24) is 4.98 Å². The molecule has 3 nitrogen and oxygen atoms in total. The van der Waals surface area contributed by atoms with Crippen molar-refractivity contribution in [1.29, 1.82) is 0 Å². The van der Waals surface area contributed by atoms with E-state index in [2.05, 4.69) is 10.3 Å². The van der Waals surface area contributed by atoms with Gasteiger partial charge in [0.25, 0.3) is 0 Å². The maximum atomic E-state index is 8.92. The zero-order valence-electron chi connectivity index (χ0n) is 7.79. The fourth-order valence-corrected chi connectivity index (χ4v) is 2.47. The molecule has 0 saturated heterocycles. The van der Waals surface area contributed by atoms with Crippen LogP contribution in [-0.4, -0.2) is 16.6 Å². The van der Waals surface area contributed by atoms with Crippen LogP contribution in [0.5, 0.6) is 0 Å². The number of aromatic nitrogens is 1. The van der Waals surface area contributed by atoms with Crippen LogP contribution in [0.4, 0.5) is 5.13 Å². The van der Waals surface area contributed by atoms with Crippen molar-refractivity contribution in [3.05, 3.63) is 10.0 Å². The molecule has 1 aromatic heterocycles. The smallest absolute Gasteiger partial charge is 0.184 e. The van der Waals surface area contributed by atoms with Gasteiger partial charge in [-0.05, 0) is 18.8 Å². The zero-order chi connectivity index (χ0) is 9.97. The average molecular weight is 233 g/mol. The van der Waals surface area contributed by atoms with Crippen molar-refractivity contribution in [3.8, 4) is 0 Å². The molecule has 0 aliphatic heterocycles. The van der Waals surface area contributed by atoms with Gasteiger partial charge in [-0.2, -0.15) is 0 Å². The van der Waals surface area contributed by atoms with Gasteiger partial charge in [0.05, 0.1) is 11.5 Å². The van der Waals surface area contributed by atoms with Gasteiger partial charge in [-0.3, -0.25) is 0 Å². The van der Waals surface area contributed by atoms with Crippen molar-refractivity contribution in [2.75, 3.05) is 11.9 Å². The normalized spacial score (nSPS) is 16.7. The van der Waals surface area contributed by atoms with Gasteiger partial charge in [0, 0.05) is 6.54 Å². The number of hydrogen-bond donors (Lipinski definition) is 2. The Morgan fingerprint density at radius 2 is 2.36 bits per heavy atom. The fraction of sp³-hybridized carbons (Fsp3) is 0.667. The molecule has 0 aromatic carbocycles. The van der Waals surface area contributed by atoms with E-state index >= 15 is 0 Å². The molecule has 78 valence electrons. The molecule has 0 radical (unpaired) electrons. The van der Waals surface area contributed by atoms with Crippen LogP contribution in [0.3, 0.4) is 0 Å². The zero-order valence-corrected chi connectivity index (χ0v) is 9.37. The number of rotatable bonds is 4. The highest BCUT2D eigenvalue weighted by Crippen LogP contribution is 2.29. The molecule has 5 heteroatoms. The summed E-state index contributed by atoms with van der Waals surface area (Å²) in [5.41, 5.74) is 0. The Labute approximate surface area is 92.1 Å². The number of hydrogen-bond acceptors (Lipinski definition) is 4. The van der Waals surface area contributed by atoms with Crippen LogP contribution >= 0.6 is 22.9 Å². The molecule has 1 heterocycles. The van der Waals surface area contributed by atoms with Crippen molar-refractivity contribution in [2.24, 2.45) is 5.92 Å². The minimum Gasteiger partial charge on any atom is -0.391 e. The number of nitrogens with zero attached hydrogens (tertiary/aromatic N) is 1. The first-order valence-corrected chi connectivity index (χ1v) is 5.99. The van der Waals surface area contributed by atoms with E-state index in [0.717, 1.165) is 22.5 Å². The van der Waals surface area contributed by atoms with Crippen LogP contribution in [-0.2, 0) is 6.61 Å². The minimum absolute atomic E-state index is 0.0262. The number of anilines is 1. The summed E-state index contributed by atoms with van der Waals surface area (Å²) in [5.74, 6) is 0.801. The third kappa shape index (κ3) is 2.19.